The Hall–Kier alpha value is -2.26. The predicted molar refractivity (Wildman–Crippen MR) is 74.8 cm³/mol. The second kappa shape index (κ2) is 5.99. The second-order valence-corrected chi connectivity index (χ2v) is 5.76. The molecule has 132 valence electrons. The first-order valence-corrected chi connectivity index (χ1v) is 7.04. The molecule has 2 heterocycles. The van der Waals surface area contributed by atoms with E-state index in [-0.39, 0.29) is 23.0 Å². The second-order valence-electron chi connectivity index (χ2n) is 5.76. The summed E-state index contributed by atoms with van der Waals surface area (Å²) in [7, 11) is 0. The van der Waals surface area contributed by atoms with Crippen LogP contribution < -0.4 is 5.32 Å². The van der Waals surface area contributed by atoms with Crippen molar-refractivity contribution < 1.29 is 26.7 Å². The SMILES string of the molecule is Cc1cc(C(F)(F)C(F)(F)F)n2nc(C(=O)NCC(C)C)cc2n1. The number of halogens is 5. The van der Waals surface area contributed by atoms with E-state index in [4.69, 9.17) is 0 Å². The van der Waals surface area contributed by atoms with Gasteiger partial charge in [-0.05, 0) is 18.9 Å². The van der Waals surface area contributed by atoms with Crippen LogP contribution in [0, 0.1) is 12.8 Å². The molecule has 1 amide bonds. The molecule has 2 aromatic heterocycles. The molecular weight excluding hydrogens is 335 g/mol. The molecule has 0 aliphatic heterocycles. The van der Waals surface area contributed by atoms with Crippen molar-refractivity contribution in [2.45, 2.75) is 32.9 Å². The number of carbonyl (C=O) groups is 1. The lowest BCUT2D eigenvalue weighted by atomic mass is 10.2. The fraction of sp³-hybridized carbons (Fsp3) is 0.500. The molecule has 2 rings (SSSR count). The zero-order valence-corrected chi connectivity index (χ0v) is 13.1. The average Bonchev–Trinajstić information content (AvgIpc) is 2.86. The number of fused-ring (bicyclic) bond motifs is 1. The van der Waals surface area contributed by atoms with Gasteiger partial charge < -0.3 is 5.32 Å². The molecule has 0 bridgehead atoms. The standard InChI is InChI=1S/C14H15F5N4O/c1-7(2)6-20-12(24)9-5-11-21-8(3)4-10(23(11)22-9)13(15,16)14(17,18)19/h4-5,7H,6H2,1-3H3,(H,20,24). The number of aryl methyl sites for hydroxylation is 1. The van der Waals surface area contributed by atoms with Crippen LogP contribution in [0.15, 0.2) is 12.1 Å². The molecule has 0 aromatic carbocycles. The van der Waals surface area contributed by atoms with E-state index in [2.05, 4.69) is 15.4 Å². The Balaban J connectivity index is 2.53. The Morgan fingerprint density at radius 2 is 1.88 bits per heavy atom. The number of aromatic nitrogens is 3. The van der Waals surface area contributed by atoms with Crippen LogP contribution in [0.1, 0.15) is 35.7 Å². The molecule has 0 unspecified atom stereocenters. The highest BCUT2D eigenvalue weighted by Crippen LogP contribution is 2.43. The van der Waals surface area contributed by atoms with Crippen LogP contribution in [0.25, 0.3) is 5.65 Å². The van der Waals surface area contributed by atoms with Crippen molar-refractivity contribution in [3.63, 3.8) is 0 Å². The van der Waals surface area contributed by atoms with Crippen molar-refractivity contribution in [3.8, 4) is 0 Å². The van der Waals surface area contributed by atoms with Gasteiger partial charge in [-0.2, -0.15) is 27.1 Å². The Labute approximate surface area is 133 Å². The normalized spacial score (nSPS) is 12.9. The third kappa shape index (κ3) is 3.31. The average molecular weight is 350 g/mol. The van der Waals surface area contributed by atoms with Crippen molar-refractivity contribution in [3.05, 3.63) is 29.2 Å². The highest BCUT2D eigenvalue weighted by molar-refractivity contribution is 5.93. The molecule has 0 aliphatic rings. The fourth-order valence-corrected chi connectivity index (χ4v) is 1.97. The third-order valence-corrected chi connectivity index (χ3v) is 3.14. The number of rotatable bonds is 4. The van der Waals surface area contributed by atoms with Gasteiger partial charge in [-0.15, -0.1) is 0 Å². The van der Waals surface area contributed by atoms with Crippen molar-refractivity contribution >= 4 is 11.6 Å². The van der Waals surface area contributed by atoms with Crippen LogP contribution >= 0.6 is 0 Å². The van der Waals surface area contributed by atoms with Gasteiger partial charge in [0.15, 0.2) is 11.3 Å². The maximum atomic E-state index is 13.7. The van der Waals surface area contributed by atoms with E-state index in [0.717, 1.165) is 6.07 Å². The molecule has 0 fully saturated rings. The summed E-state index contributed by atoms with van der Waals surface area (Å²) in [5.74, 6) is -5.67. The topological polar surface area (TPSA) is 59.3 Å². The quantitative estimate of drug-likeness (QED) is 0.862. The minimum Gasteiger partial charge on any atom is -0.350 e. The van der Waals surface area contributed by atoms with Crippen molar-refractivity contribution in [2.24, 2.45) is 5.92 Å². The molecule has 0 saturated heterocycles. The van der Waals surface area contributed by atoms with Crippen molar-refractivity contribution in [1.29, 1.82) is 0 Å². The van der Waals surface area contributed by atoms with Gasteiger partial charge in [-0.3, -0.25) is 4.79 Å². The van der Waals surface area contributed by atoms with Crippen LogP contribution in [0.2, 0.25) is 0 Å². The van der Waals surface area contributed by atoms with Crippen LogP contribution in [0.3, 0.4) is 0 Å². The Kier molecular flexibility index (Phi) is 4.51. The summed E-state index contributed by atoms with van der Waals surface area (Å²) in [6.45, 7) is 5.28. The first kappa shape index (κ1) is 18.1. The lowest BCUT2D eigenvalue weighted by Gasteiger charge is -2.20. The minimum atomic E-state index is -5.79. The number of alkyl halides is 5. The number of hydrogen-bond acceptors (Lipinski definition) is 3. The van der Waals surface area contributed by atoms with E-state index in [1.807, 2.05) is 13.8 Å². The molecule has 0 saturated carbocycles. The maximum Gasteiger partial charge on any atom is 0.459 e. The van der Waals surface area contributed by atoms with Gasteiger partial charge in [0, 0.05) is 18.3 Å². The molecule has 24 heavy (non-hydrogen) atoms. The van der Waals surface area contributed by atoms with Crippen LogP contribution in [0.5, 0.6) is 0 Å². The van der Waals surface area contributed by atoms with E-state index < -0.39 is 23.7 Å². The van der Waals surface area contributed by atoms with Gasteiger partial charge in [0.25, 0.3) is 5.91 Å². The number of carbonyl (C=O) groups excluding carboxylic acids is 1. The summed E-state index contributed by atoms with van der Waals surface area (Å²) in [6.07, 6.45) is -5.79. The van der Waals surface area contributed by atoms with Crippen molar-refractivity contribution in [1.82, 2.24) is 19.9 Å². The van der Waals surface area contributed by atoms with Gasteiger partial charge in [-0.1, -0.05) is 13.8 Å². The number of nitrogens with one attached hydrogen (secondary N) is 1. The number of nitrogens with zero attached hydrogens (tertiary/aromatic N) is 3. The molecule has 0 atom stereocenters. The lowest BCUT2D eigenvalue weighted by Crippen LogP contribution is -2.36. The van der Waals surface area contributed by atoms with Gasteiger partial charge in [0.2, 0.25) is 0 Å². The van der Waals surface area contributed by atoms with Crippen LogP contribution in [0.4, 0.5) is 22.0 Å². The zero-order chi connectivity index (χ0) is 18.3. The van der Waals surface area contributed by atoms with Crippen molar-refractivity contribution in [2.75, 3.05) is 6.54 Å². The summed E-state index contributed by atoms with van der Waals surface area (Å²) >= 11 is 0. The molecule has 5 nitrogen and oxygen atoms in total. The van der Waals surface area contributed by atoms with Gasteiger partial charge in [0.05, 0.1) is 0 Å². The molecule has 2 aromatic rings. The van der Waals surface area contributed by atoms with E-state index in [1.54, 1.807) is 0 Å². The molecule has 0 spiro atoms. The molecule has 0 radical (unpaired) electrons. The molecule has 1 N–H and O–H groups in total. The summed E-state index contributed by atoms with van der Waals surface area (Å²) in [5.41, 5.74) is -1.98. The lowest BCUT2D eigenvalue weighted by molar-refractivity contribution is -0.291. The summed E-state index contributed by atoms with van der Waals surface area (Å²) < 4.78 is 65.8. The van der Waals surface area contributed by atoms with Crippen LogP contribution in [-0.2, 0) is 5.92 Å². The Bertz CT molecular complexity index is 766. The van der Waals surface area contributed by atoms with Gasteiger partial charge in [0.1, 0.15) is 5.69 Å². The summed E-state index contributed by atoms with van der Waals surface area (Å²) in [5, 5.41) is 6.08. The minimum absolute atomic E-state index is 0.0459. The highest BCUT2D eigenvalue weighted by atomic mass is 19.4. The molecule has 0 aliphatic carbocycles. The van der Waals surface area contributed by atoms with E-state index in [9.17, 15) is 26.7 Å². The monoisotopic (exact) mass is 350 g/mol. The van der Waals surface area contributed by atoms with E-state index >= 15 is 0 Å². The zero-order valence-electron chi connectivity index (χ0n) is 13.1. The Morgan fingerprint density at radius 3 is 2.42 bits per heavy atom. The summed E-state index contributed by atoms with van der Waals surface area (Å²) in [4.78, 5) is 15.8. The third-order valence-electron chi connectivity index (χ3n) is 3.14. The Morgan fingerprint density at radius 1 is 1.25 bits per heavy atom. The smallest absolute Gasteiger partial charge is 0.350 e. The first-order chi connectivity index (χ1) is 10.9. The molecular formula is C14H15F5N4O. The number of hydrogen-bond donors (Lipinski definition) is 1. The highest BCUT2D eigenvalue weighted by Gasteiger charge is 2.60. The van der Waals surface area contributed by atoms with Crippen LogP contribution in [-0.4, -0.2) is 33.2 Å². The number of amides is 1. The fourth-order valence-electron chi connectivity index (χ4n) is 1.97. The van der Waals surface area contributed by atoms with Gasteiger partial charge in [-0.25, -0.2) is 9.50 Å². The summed E-state index contributed by atoms with van der Waals surface area (Å²) in [6, 6.07) is 1.67. The van der Waals surface area contributed by atoms with E-state index in [1.165, 1.54) is 6.92 Å². The van der Waals surface area contributed by atoms with E-state index in [0.29, 0.717) is 17.1 Å². The predicted octanol–water partition coefficient (Wildman–Crippen LogP) is 3.08. The molecule has 10 heteroatoms. The maximum absolute atomic E-state index is 13.7. The van der Waals surface area contributed by atoms with Gasteiger partial charge >= 0.3 is 12.1 Å². The largest absolute Gasteiger partial charge is 0.459 e. The first-order valence-electron chi connectivity index (χ1n) is 7.04.